The summed E-state index contributed by atoms with van der Waals surface area (Å²) < 4.78 is 0. The van der Waals surface area contributed by atoms with Crippen LogP contribution in [-0.4, -0.2) is 16.5 Å². The number of hydrogen-bond acceptors (Lipinski definition) is 3. The van der Waals surface area contributed by atoms with Crippen molar-refractivity contribution in [2.24, 2.45) is 5.73 Å². The molecule has 2 rings (SSSR count). The van der Waals surface area contributed by atoms with Crippen molar-refractivity contribution in [2.75, 3.05) is 6.54 Å². The minimum atomic E-state index is -0.0426. The molecule has 1 aliphatic rings. The van der Waals surface area contributed by atoms with Gasteiger partial charge in [-0.05, 0) is 19.4 Å². The van der Waals surface area contributed by atoms with E-state index in [1.54, 1.807) is 6.07 Å². The largest absolute Gasteiger partial charge is 0.330 e. The van der Waals surface area contributed by atoms with Crippen molar-refractivity contribution >= 4 is 0 Å². The Morgan fingerprint density at radius 1 is 1.38 bits per heavy atom. The smallest absolute Gasteiger partial charge is 0.251 e. The van der Waals surface area contributed by atoms with E-state index in [0.29, 0.717) is 18.9 Å². The maximum absolute atomic E-state index is 11.5. The molecular weight excluding hydrogens is 202 g/mol. The zero-order valence-electron chi connectivity index (χ0n) is 9.54. The van der Waals surface area contributed by atoms with Crippen molar-refractivity contribution in [3.05, 3.63) is 27.9 Å². The first kappa shape index (κ1) is 11.3. The lowest BCUT2D eigenvalue weighted by Gasteiger charge is -2.20. The molecule has 0 spiro atoms. The van der Waals surface area contributed by atoms with Crippen LogP contribution in [0.5, 0.6) is 0 Å². The molecule has 1 aliphatic carbocycles. The molecule has 0 atom stereocenters. The van der Waals surface area contributed by atoms with E-state index in [9.17, 15) is 4.79 Å². The SMILES string of the molecule is NCCc1cc(=O)[nH]c(C2CCCCC2)n1. The first-order valence-electron chi connectivity index (χ1n) is 6.10. The van der Waals surface area contributed by atoms with Crippen molar-refractivity contribution in [1.29, 1.82) is 0 Å². The lowest BCUT2D eigenvalue weighted by Crippen LogP contribution is -2.18. The second kappa shape index (κ2) is 5.25. The molecular formula is C12H19N3O. The van der Waals surface area contributed by atoms with Gasteiger partial charge in [0.15, 0.2) is 0 Å². The highest BCUT2D eigenvalue weighted by molar-refractivity contribution is 5.07. The Morgan fingerprint density at radius 2 is 2.12 bits per heavy atom. The fourth-order valence-corrected chi connectivity index (χ4v) is 2.37. The highest BCUT2D eigenvalue weighted by Crippen LogP contribution is 2.29. The average molecular weight is 221 g/mol. The van der Waals surface area contributed by atoms with Crippen LogP contribution >= 0.6 is 0 Å². The summed E-state index contributed by atoms with van der Waals surface area (Å²) in [4.78, 5) is 18.9. The highest BCUT2D eigenvalue weighted by Gasteiger charge is 2.18. The van der Waals surface area contributed by atoms with Crippen molar-refractivity contribution < 1.29 is 0 Å². The van der Waals surface area contributed by atoms with E-state index in [1.165, 1.54) is 19.3 Å². The number of nitrogens with zero attached hydrogens (tertiary/aromatic N) is 1. The van der Waals surface area contributed by atoms with Crippen LogP contribution < -0.4 is 11.3 Å². The van der Waals surface area contributed by atoms with Crippen LogP contribution in [-0.2, 0) is 6.42 Å². The Kier molecular flexibility index (Phi) is 3.72. The maximum atomic E-state index is 11.5. The molecule has 88 valence electrons. The molecule has 3 N–H and O–H groups in total. The van der Waals surface area contributed by atoms with Crippen LogP contribution in [0, 0.1) is 0 Å². The van der Waals surface area contributed by atoms with Gasteiger partial charge in [0.2, 0.25) is 0 Å². The van der Waals surface area contributed by atoms with Gasteiger partial charge in [0.25, 0.3) is 5.56 Å². The fraction of sp³-hybridized carbons (Fsp3) is 0.667. The van der Waals surface area contributed by atoms with Crippen molar-refractivity contribution in [1.82, 2.24) is 9.97 Å². The van der Waals surface area contributed by atoms with Gasteiger partial charge < -0.3 is 10.7 Å². The molecule has 1 aromatic heterocycles. The summed E-state index contributed by atoms with van der Waals surface area (Å²) in [6.45, 7) is 0.542. The van der Waals surface area contributed by atoms with Crippen LogP contribution in [0.25, 0.3) is 0 Å². The lowest BCUT2D eigenvalue weighted by molar-refractivity contribution is 0.427. The molecule has 1 aromatic rings. The lowest BCUT2D eigenvalue weighted by atomic mass is 9.88. The molecule has 0 radical (unpaired) electrons. The summed E-state index contributed by atoms with van der Waals surface area (Å²) in [5.74, 6) is 1.31. The van der Waals surface area contributed by atoms with Crippen molar-refractivity contribution in [2.45, 2.75) is 44.4 Å². The Balaban J connectivity index is 2.21. The first-order chi connectivity index (χ1) is 7.79. The summed E-state index contributed by atoms with van der Waals surface area (Å²) >= 11 is 0. The number of hydrogen-bond donors (Lipinski definition) is 2. The zero-order valence-corrected chi connectivity index (χ0v) is 9.54. The van der Waals surface area contributed by atoms with E-state index in [2.05, 4.69) is 9.97 Å². The van der Waals surface area contributed by atoms with E-state index in [1.807, 2.05) is 0 Å². The summed E-state index contributed by atoms with van der Waals surface area (Å²) in [6, 6.07) is 1.55. The van der Waals surface area contributed by atoms with Gasteiger partial charge in [-0.3, -0.25) is 4.79 Å². The average Bonchev–Trinajstić information content (AvgIpc) is 2.30. The van der Waals surface area contributed by atoms with Crippen molar-refractivity contribution in [3.8, 4) is 0 Å². The van der Waals surface area contributed by atoms with Gasteiger partial charge in [0.1, 0.15) is 5.82 Å². The van der Waals surface area contributed by atoms with Crippen LogP contribution in [0.15, 0.2) is 10.9 Å². The van der Waals surface area contributed by atoms with Gasteiger partial charge >= 0.3 is 0 Å². The second-order valence-electron chi connectivity index (χ2n) is 4.50. The number of nitrogens with two attached hydrogens (primary N) is 1. The number of rotatable bonds is 3. The molecule has 0 saturated heterocycles. The molecule has 1 fully saturated rings. The third-order valence-electron chi connectivity index (χ3n) is 3.21. The Morgan fingerprint density at radius 3 is 2.81 bits per heavy atom. The third-order valence-corrected chi connectivity index (χ3v) is 3.21. The second-order valence-corrected chi connectivity index (χ2v) is 4.50. The van der Waals surface area contributed by atoms with Gasteiger partial charge in [0, 0.05) is 24.1 Å². The van der Waals surface area contributed by atoms with E-state index >= 15 is 0 Å². The number of nitrogens with one attached hydrogen (secondary N) is 1. The summed E-state index contributed by atoms with van der Waals surface area (Å²) in [5, 5.41) is 0. The van der Waals surface area contributed by atoms with E-state index in [4.69, 9.17) is 5.73 Å². The van der Waals surface area contributed by atoms with Crippen LogP contribution in [0.1, 0.15) is 49.5 Å². The fourth-order valence-electron chi connectivity index (χ4n) is 2.37. The summed E-state index contributed by atoms with van der Waals surface area (Å²) in [6.07, 6.45) is 6.78. The Labute approximate surface area is 95.3 Å². The van der Waals surface area contributed by atoms with Gasteiger partial charge in [-0.1, -0.05) is 19.3 Å². The van der Waals surface area contributed by atoms with E-state index in [0.717, 1.165) is 24.4 Å². The third kappa shape index (κ3) is 2.70. The summed E-state index contributed by atoms with van der Waals surface area (Å²) in [7, 11) is 0. The summed E-state index contributed by atoms with van der Waals surface area (Å²) in [5.41, 5.74) is 6.27. The van der Waals surface area contributed by atoms with Crippen LogP contribution in [0.4, 0.5) is 0 Å². The van der Waals surface area contributed by atoms with Crippen molar-refractivity contribution in [3.63, 3.8) is 0 Å². The molecule has 1 heterocycles. The topological polar surface area (TPSA) is 71.8 Å². The minimum absolute atomic E-state index is 0.0426. The quantitative estimate of drug-likeness (QED) is 0.808. The van der Waals surface area contributed by atoms with E-state index in [-0.39, 0.29) is 5.56 Å². The molecule has 0 aromatic carbocycles. The molecule has 0 amide bonds. The molecule has 4 nitrogen and oxygen atoms in total. The molecule has 0 bridgehead atoms. The van der Waals surface area contributed by atoms with Gasteiger partial charge in [-0.15, -0.1) is 0 Å². The Bertz CT molecular complexity index is 393. The van der Waals surface area contributed by atoms with Crippen LogP contribution in [0.2, 0.25) is 0 Å². The molecule has 0 unspecified atom stereocenters. The molecule has 1 saturated carbocycles. The predicted octanol–water partition coefficient (Wildman–Crippen LogP) is 1.32. The maximum Gasteiger partial charge on any atom is 0.251 e. The van der Waals surface area contributed by atoms with Gasteiger partial charge in [-0.2, -0.15) is 0 Å². The first-order valence-corrected chi connectivity index (χ1v) is 6.10. The number of aromatic amines is 1. The molecule has 0 aliphatic heterocycles. The predicted molar refractivity (Wildman–Crippen MR) is 63.4 cm³/mol. The normalized spacial score (nSPS) is 17.6. The zero-order chi connectivity index (χ0) is 11.4. The highest BCUT2D eigenvalue weighted by atomic mass is 16.1. The van der Waals surface area contributed by atoms with Crippen LogP contribution in [0.3, 0.4) is 0 Å². The Hall–Kier alpha value is -1.16. The van der Waals surface area contributed by atoms with Gasteiger partial charge in [-0.25, -0.2) is 4.98 Å². The minimum Gasteiger partial charge on any atom is -0.330 e. The molecule has 16 heavy (non-hydrogen) atoms. The monoisotopic (exact) mass is 221 g/mol. The number of aromatic nitrogens is 2. The van der Waals surface area contributed by atoms with E-state index < -0.39 is 0 Å². The molecule has 4 heteroatoms. The number of H-pyrrole nitrogens is 1. The standard InChI is InChI=1S/C12H19N3O/c13-7-6-10-8-11(16)15-12(14-10)9-4-2-1-3-5-9/h8-9H,1-7,13H2,(H,14,15,16). The van der Waals surface area contributed by atoms with Gasteiger partial charge in [0.05, 0.1) is 0 Å².